The molecule has 3 aliphatic rings. The molecule has 0 bridgehead atoms. The molecule has 0 unspecified atom stereocenters. The summed E-state index contributed by atoms with van der Waals surface area (Å²) in [6.45, 7) is 5.18. The van der Waals surface area contributed by atoms with Crippen molar-refractivity contribution in [2.24, 2.45) is 5.92 Å². The van der Waals surface area contributed by atoms with Gasteiger partial charge in [0.25, 0.3) is 0 Å². The minimum atomic E-state index is 0.282. The lowest BCUT2D eigenvalue weighted by Gasteiger charge is -2.33. The van der Waals surface area contributed by atoms with E-state index in [9.17, 15) is 4.79 Å². The predicted molar refractivity (Wildman–Crippen MR) is 92.3 cm³/mol. The van der Waals surface area contributed by atoms with Crippen molar-refractivity contribution in [1.29, 1.82) is 0 Å². The first-order valence-corrected chi connectivity index (χ1v) is 9.41. The van der Waals surface area contributed by atoms with E-state index in [0.29, 0.717) is 5.91 Å². The molecule has 124 valence electrons. The highest BCUT2D eigenvalue weighted by Crippen LogP contribution is 2.26. The zero-order chi connectivity index (χ0) is 15.6. The van der Waals surface area contributed by atoms with Crippen LogP contribution < -0.4 is 0 Å². The zero-order valence-corrected chi connectivity index (χ0v) is 14.1. The lowest BCUT2D eigenvalue weighted by molar-refractivity contribution is -0.136. The van der Waals surface area contributed by atoms with Crippen molar-refractivity contribution in [2.45, 2.75) is 51.5 Å². The number of benzene rings is 1. The van der Waals surface area contributed by atoms with Gasteiger partial charge in [0.1, 0.15) is 0 Å². The second-order valence-corrected chi connectivity index (χ2v) is 7.54. The summed E-state index contributed by atoms with van der Waals surface area (Å²) in [6, 6.07) is 7.07. The van der Waals surface area contributed by atoms with E-state index in [4.69, 9.17) is 0 Å². The van der Waals surface area contributed by atoms with Gasteiger partial charge in [-0.2, -0.15) is 0 Å². The molecule has 2 heterocycles. The molecule has 1 aromatic carbocycles. The van der Waals surface area contributed by atoms with E-state index in [1.165, 1.54) is 37.7 Å². The van der Waals surface area contributed by atoms with Crippen LogP contribution in [-0.4, -0.2) is 41.9 Å². The van der Waals surface area contributed by atoms with Crippen LogP contribution in [0.3, 0.4) is 0 Å². The first kappa shape index (κ1) is 15.2. The van der Waals surface area contributed by atoms with Crippen molar-refractivity contribution in [3.05, 3.63) is 34.9 Å². The van der Waals surface area contributed by atoms with E-state index < -0.39 is 0 Å². The van der Waals surface area contributed by atoms with Crippen LogP contribution in [0.2, 0.25) is 0 Å². The molecule has 1 aliphatic carbocycles. The van der Waals surface area contributed by atoms with Crippen molar-refractivity contribution >= 4 is 5.91 Å². The second kappa shape index (κ2) is 6.64. The van der Waals surface area contributed by atoms with Gasteiger partial charge in [0.2, 0.25) is 5.91 Å². The number of rotatable bonds is 3. The molecule has 3 heteroatoms. The normalized spacial score (nSPS) is 22.5. The van der Waals surface area contributed by atoms with Crippen LogP contribution in [-0.2, 0) is 24.2 Å². The van der Waals surface area contributed by atoms with Gasteiger partial charge >= 0.3 is 0 Å². The molecule has 1 aromatic rings. The molecule has 2 fully saturated rings. The number of carbonyl (C=O) groups is 1. The van der Waals surface area contributed by atoms with Crippen LogP contribution in [0.1, 0.15) is 48.8 Å². The van der Waals surface area contributed by atoms with Crippen LogP contribution in [0.25, 0.3) is 0 Å². The lowest BCUT2D eigenvalue weighted by Crippen LogP contribution is -2.41. The van der Waals surface area contributed by atoms with Gasteiger partial charge in [-0.15, -0.1) is 0 Å². The number of aryl methyl sites for hydroxylation is 2. The summed E-state index contributed by atoms with van der Waals surface area (Å²) in [5, 5.41) is 0. The van der Waals surface area contributed by atoms with Crippen LogP contribution in [0.5, 0.6) is 0 Å². The monoisotopic (exact) mass is 312 g/mol. The van der Waals surface area contributed by atoms with Crippen molar-refractivity contribution in [3.8, 4) is 0 Å². The Morgan fingerprint density at radius 2 is 1.70 bits per heavy atom. The van der Waals surface area contributed by atoms with E-state index in [1.807, 2.05) is 0 Å². The number of hydrogen-bond acceptors (Lipinski definition) is 2. The van der Waals surface area contributed by atoms with Gasteiger partial charge in [-0.25, -0.2) is 0 Å². The largest absolute Gasteiger partial charge is 0.342 e. The fraction of sp³-hybridized carbons (Fsp3) is 0.650. The molecule has 0 aromatic heterocycles. The number of fused-ring (bicyclic) bond motifs is 1. The Morgan fingerprint density at radius 1 is 0.957 bits per heavy atom. The zero-order valence-electron chi connectivity index (χ0n) is 14.1. The number of piperidine rings is 1. The summed E-state index contributed by atoms with van der Waals surface area (Å²) in [4.78, 5) is 17.1. The number of amides is 1. The fourth-order valence-corrected chi connectivity index (χ4v) is 4.52. The molecule has 3 nitrogen and oxygen atoms in total. The van der Waals surface area contributed by atoms with Crippen molar-refractivity contribution in [2.75, 3.05) is 26.2 Å². The van der Waals surface area contributed by atoms with Crippen molar-refractivity contribution in [3.63, 3.8) is 0 Å². The Bertz CT molecular complexity index is 569. The summed E-state index contributed by atoms with van der Waals surface area (Å²) in [6.07, 6.45) is 8.32. The molecule has 2 aliphatic heterocycles. The highest BCUT2D eigenvalue weighted by molar-refractivity contribution is 5.79. The van der Waals surface area contributed by atoms with Crippen molar-refractivity contribution < 1.29 is 4.79 Å². The topological polar surface area (TPSA) is 23.6 Å². The fourth-order valence-electron chi connectivity index (χ4n) is 4.52. The van der Waals surface area contributed by atoms with Crippen LogP contribution >= 0.6 is 0 Å². The number of likely N-dealkylation sites (tertiary alicyclic amines) is 2. The minimum Gasteiger partial charge on any atom is -0.342 e. The van der Waals surface area contributed by atoms with E-state index in [2.05, 4.69) is 28.0 Å². The van der Waals surface area contributed by atoms with E-state index >= 15 is 0 Å². The smallest absolute Gasteiger partial charge is 0.225 e. The molecule has 0 saturated carbocycles. The summed E-state index contributed by atoms with van der Waals surface area (Å²) in [5.41, 5.74) is 4.58. The maximum atomic E-state index is 12.5. The van der Waals surface area contributed by atoms with Gasteiger partial charge in [0, 0.05) is 25.6 Å². The third-order valence-electron chi connectivity index (χ3n) is 5.92. The Balaban J connectivity index is 1.30. The third-order valence-corrected chi connectivity index (χ3v) is 5.92. The van der Waals surface area contributed by atoms with E-state index in [-0.39, 0.29) is 5.92 Å². The molecular formula is C20H28N2O. The summed E-state index contributed by atoms with van der Waals surface area (Å²) >= 11 is 0. The third kappa shape index (κ3) is 3.30. The molecule has 23 heavy (non-hydrogen) atoms. The van der Waals surface area contributed by atoms with Crippen LogP contribution in [0.15, 0.2) is 18.2 Å². The maximum Gasteiger partial charge on any atom is 0.225 e. The standard InChI is InChI=1S/C20H28N2O/c23-20(22-10-1-2-11-22)18-8-12-21(13-9-18)15-16-6-7-17-4-3-5-19(17)14-16/h6-7,14,18H,1-5,8-13,15H2. The van der Waals surface area contributed by atoms with Crippen LogP contribution in [0, 0.1) is 5.92 Å². The number of carbonyl (C=O) groups excluding carboxylic acids is 1. The van der Waals surface area contributed by atoms with Gasteiger partial charge in [0.15, 0.2) is 0 Å². The molecule has 4 rings (SSSR count). The molecule has 0 spiro atoms. The Labute approximate surface area is 139 Å². The highest BCUT2D eigenvalue weighted by atomic mass is 16.2. The molecule has 0 radical (unpaired) electrons. The maximum absolute atomic E-state index is 12.5. The summed E-state index contributed by atoms with van der Waals surface area (Å²) in [7, 11) is 0. The minimum absolute atomic E-state index is 0.282. The molecule has 1 amide bonds. The summed E-state index contributed by atoms with van der Waals surface area (Å²) in [5.74, 6) is 0.712. The van der Waals surface area contributed by atoms with Gasteiger partial charge in [-0.05, 0) is 74.7 Å². The molecule has 0 atom stereocenters. The molecule has 0 N–H and O–H groups in total. The first-order valence-electron chi connectivity index (χ1n) is 9.41. The van der Waals surface area contributed by atoms with E-state index in [0.717, 1.165) is 45.6 Å². The predicted octanol–water partition coefficient (Wildman–Crippen LogP) is 3.01. The Kier molecular flexibility index (Phi) is 4.39. The average molecular weight is 312 g/mol. The van der Waals surface area contributed by atoms with Gasteiger partial charge < -0.3 is 4.90 Å². The molecular weight excluding hydrogens is 284 g/mol. The second-order valence-electron chi connectivity index (χ2n) is 7.54. The Morgan fingerprint density at radius 3 is 2.48 bits per heavy atom. The number of hydrogen-bond donors (Lipinski definition) is 0. The average Bonchev–Trinajstić information content (AvgIpc) is 3.26. The SMILES string of the molecule is O=C(C1CCN(Cc2ccc3c(c2)CCC3)CC1)N1CCCC1. The molecule has 2 saturated heterocycles. The van der Waals surface area contributed by atoms with E-state index in [1.54, 1.807) is 11.1 Å². The first-order chi connectivity index (χ1) is 11.3. The van der Waals surface area contributed by atoms with Gasteiger partial charge in [0.05, 0.1) is 0 Å². The van der Waals surface area contributed by atoms with Gasteiger partial charge in [-0.3, -0.25) is 9.69 Å². The highest BCUT2D eigenvalue weighted by Gasteiger charge is 2.29. The summed E-state index contributed by atoms with van der Waals surface area (Å²) < 4.78 is 0. The number of nitrogens with zero attached hydrogens (tertiary/aromatic N) is 2. The Hall–Kier alpha value is -1.35. The quantitative estimate of drug-likeness (QED) is 0.856. The van der Waals surface area contributed by atoms with Crippen molar-refractivity contribution in [1.82, 2.24) is 9.80 Å². The lowest BCUT2D eigenvalue weighted by atomic mass is 9.95. The van der Waals surface area contributed by atoms with Crippen LogP contribution in [0.4, 0.5) is 0 Å². The van der Waals surface area contributed by atoms with Gasteiger partial charge in [-0.1, -0.05) is 18.2 Å².